The summed E-state index contributed by atoms with van der Waals surface area (Å²) in [5.74, 6) is 0.707. The average Bonchev–Trinajstić information content (AvgIpc) is 3.24. The van der Waals surface area contributed by atoms with E-state index in [0.29, 0.717) is 12.0 Å². The number of nitrogens with zero attached hydrogens (tertiary/aromatic N) is 1. The summed E-state index contributed by atoms with van der Waals surface area (Å²) in [6.07, 6.45) is 6.07. The molecule has 0 bridgehead atoms. The standard InChI is InChI=1S/C16H17ClN2/c1-11-2-4-12(5-3-11)16(13-6-7-13)19-15-10-18-9-8-14(15)17/h2-5,8-10,13,16,19H,6-7H2,1H3. The molecule has 1 aliphatic rings. The molecule has 1 N–H and O–H groups in total. The monoisotopic (exact) mass is 272 g/mol. The third kappa shape index (κ3) is 2.90. The molecule has 98 valence electrons. The van der Waals surface area contributed by atoms with Gasteiger partial charge in [-0.3, -0.25) is 4.98 Å². The molecule has 0 spiro atoms. The molecule has 1 atom stereocenters. The number of benzene rings is 1. The molecule has 0 saturated heterocycles. The van der Waals surface area contributed by atoms with Crippen molar-refractivity contribution in [3.63, 3.8) is 0 Å². The lowest BCUT2D eigenvalue weighted by molar-refractivity contribution is 0.678. The Kier molecular flexibility index (Phi) is 3.43. The Balaban J connectivity index is 1.86. The molecule has 1 aromatic heterocycles. The van der Waals surface area contributed by atoms with E-state index in [1.807, 2.05) is 6.07 Å². The van der Waals surface area contributed by atoms with E-state index in [-0.39, 0.29) is 0 Å². The summed E-state index contributed by atoms with van der Waals surface area (Å²) in [6, 6.07) is 10.9. The second-order valence-electron chi connectivity index (χ2n) is 5.23. The highest BCUT2D eigenvalue weighted by atomic mass is 35.5. The highest BCUT2D eigenvalue weighted by Crippen LogP contribution is 2.43. The molecule has 2 nitrogen and oxygen atoms in total. The number of rotatable bonds is 4. The molecule has 0 amide bonds. The summed E-state index contributed by atoms with van der Waals surface area (Å²) in [6.45, 7) is 2.11. The first-order valence-electron chi connectivity index (χ1n) is 6.66. The van der Waals surface area contributed by atoms with Crippen molar-refractivity contribution in [2.24, 2.45) is 5.92 Å². The quantitative estimate of drug-likeness (QED) is 0.879. The molecule has 1 aromatic carbocycles. The highest BCUT2D eigenvalue weighted by Gasteiger charge is 2.32. The van der Waals surface area contributed by atoms with Crippen molar-refractivity contribution in [1.29, 1.82) is 0 Å². The Hall–Kier alpha value is -1.54. The Bertz CT molecular complexity index is 561. The lowest BCUT2D eigenvalue weighted by atomic mass is 10.0. The van der Waals surface area contributed by atoms with Gasteiger partial charge in [-0.25, -0.2) is 0 Å². The number of pyridine rings is 1. The maximum absolute atomic E-state index is 6.20. The molecule has 0 aliphatic heterocycles. The van der Waals surface area contributed by atoms with Crippen molar-refractivity contribution < 1.29 is 0 Å². The van der Waals surface area contributed by atoms with Crippen molar-refractivity contribution in [2.75, 3.05) is 5.32 Å². The van der Waals surface area contributed by atoms with Crippen LogP contribution >= 0.6 is 11.6 Å². The third-order valence-electron chi connectivity index (χ3n) is 3.61. The first-order chi connectivity index (χ1) is 9.24. The van der Waals surface area contributed by atoms with E-state index in [1.54, 1.807) is 12.4 Å². The van der Waals surface area contributed by atoms with Gasteiger partial charge < -0.3 is 5.32 Å². The number of aromatic nitrogens is 1. The predicted octanol–water partition coefficient (Wildman–Crippen LogP) is 4.61. The Labute approximate surface area is 118 Å². The molecule has 2 aromatic rings. The minimum atomic E-state index is 0.335. The molecule has 1 saturated carbocycles. The summed E-state index contributed by atoms with van der Waals surface area (Å²) in [5.41, 5.74) is 3.53. The number of hydrogen-bond acceptors (Lipinski definition) is 2. The highest BCUT2D eigenvalue weighted by molar-refractivity contribution is 6.33. The molecule has 1 heterocycles. The van der Waals surface area contributed by atoms with Gasteiger partial charge in [0, 0.05) is 6.20 Å². The van der Waals surface area contributed by atoms with Crippen LogP contribution in [-0.4, -0.2) is 4.98 Å². The number of aryl methyl sites for hydroxylation is 1. The van der Waals surface area contributed by atoms with Gasteiger partial charge in [-0.1, -0.05) is 41.4 Å². The average molecular weight is 273 g/mol. The van der Waals surface area contributed by atoms with Gasteiger partial charge in [-0.05, 0) is 37.3 Å². The van der Waals surface area contributed by atoms with Gasteiger partial charge in [0.2, 0.25) is 0 Å². The van der Waals surface area contributed by atoms with E-state index in [0.717, 1.165) is 10.7 Å². The Morgan fingerprint density at radius 2 is 1.95 bits per heavy atom. The van der Waals surface area contributed by atoms with Gasteiger partial charge in [0.25, 0.3) is 0 Å². The number of anilines is 1. The van der Waals surface area contributed by atoms with Gasteiger partial charge in [0.1, 0.15) is 0 Å². The zero-order chi connectivity index (χ0) is 13.2. The predicted molar refractivity (Wildman–Crippen MR) is 79.5 cm³/mol. The Morgan fingerprint density at radius 3 is 2.58 bits per heavy atom. The normalized spacial score (nSPS) is 16.1. The zero-order valence-electron chi connectivity index (χ0n) is 10.9. The van der Waals surface area contributed by atoms with Crippen LogP contribution in [0.3, 0.4) is 0 Å². The summed E-state index contributed by atoms with van der Waals surface area (Å²) >= 11 is 6.20. The van der Waals surface area contributed by atoms with Gasteiger partial charge in [-0.15, -0.1) is 0 Å². The van der Waals surface area contributed by atoms with E-state index in [2.05, 4.69) is 41.5 Å². The first kappa shape index (κ1) is 12.5. The second kappa shape index (κ2) is 5.22. The second-order valence-corrected chi connectivity index (χ2v) is 5.63. The van der Waals surface area contributed by atoms with Crippen molar-refractivity contribution >= 4 is 17.3 Å². The molecule has 1 unspecified atom stereocenters. The molecular formula is C16H17ClN2. The van der Waals surface area contributed by atoms with Crippen LogP contribution in [0.5, 0.6) is 0 Å². The van der Waals surface area contributed by atoms with Crippen LogP contribution in [0.2, 0.25) is 5.02 Å². The van der Waals surface area contributed by atoms with Crippen molar-refractivity contribution in [1.82, 2.24) is 4.98 Å². The van der Waals surface area contributed by atoms with Gasteiger partial charge in [0.15, 0.2) is 0 Å². The van der Waals surface area contributed by atoms with Gasteiger partial charge >= 0.3 is 0 Å². The van der Waals surface area contributed by atoms with Crippen LogP contribution in [0.1, 0.15) is 30.0 Å². The fourth-order valence-corrected chi connectivity index (χ4v) is 2.49. The van der Waals surface area contributed by atoms with Gasteiger partial charge in [-0.2, -0.15) is 0 Å². The van der Waals surface area contributed by atoms with Crippen LogP contribution < -0.4 is 5.32 Å². The fourth-order valence-electron chi connectivity index (χ4n) is 2.33. The molecule has 0 radical (unpaired) electrons. The van der Waals surface area contributed by atoms with E-state index >= 15 is 0 Å². The SMILES string of the molecule is Cc1ccc(C(Nc2cnccc2Cl)C2CC2)cc1. The van der Waals surface area contributed by atoms with E-state index in [9.17, 15) is 0 Å². The third-order valence-corrected chi connectivity index (χ3v) is 3.94. The molecule has 1 aliphatic carbocycles. The van der Waals surface area contributed by atoms with E-state index < -0.39 is 0 Å². The number of halogens is 1. The summed E-state index contributed by atoms with van der Waals surface area (Å²) < 4.78 is 0. The van der Waals surface area contributed by atoms with Crippen LogP contribution in [-0.2, 0) is 0 Å². The van der Waals surface area contributed by atoms with Crippen LogP contribution in [0.15, 0.2) is 42.7 Å². The fraction of sp³-hybridized carbons (Fsp3) is 0.312. The maximum Gasteiger partial charge on any atom is 0.0720 e. The largest absolute Gasteiger partial charge is 0.376 e. The molecule has 3 heteroatoms. The Morgan fingerprint density at radius 1 is 1.21 bits per heavy atom. The zero-order valence-corrected chi connectivity index (χ0v) is 11.7. The van der Waals surface area contributed by atoms with Crippen molar-refractivity contribution in [3.05, 3.63) is 58.9 Å². The van der Waals surface area contributed by atoms with Crippen LogP contribution in [0.4, 0.5) is 5.69 Å². The molecular weight excluding hydrogens is 256 g/mol. The van der Waals surface area contributed by atoms with E-state index in [4.69, 9.17) is 11.6 Å². The van der Waals surface area contributed by atoms with E-state index in [1.165, 1.54) is 24.0 Å². The minimum absolute atomic E-state index is 0.335. The number of hydrogen-bond donors (Lipinski definition) is 1. The summed E-state index contributed by atoms with van der Waals surface area (Å²) in [7, 11) is 0. The summed E-state index contributed by atoms with van der Waals surface area (Å²) in [4.78, 5) is 4.14. The number of nitrogens with one attached hydrogen (secondary N) is 1. The molecule has 19 heavy (non-hydrogen) atoms. The molecule has 1 fully saturated rings. The van der Waals surface area contributed by atoms with Crippen molar-refractivity contribution in [2.45, 2.75) is 25.8 Å². The van der Waals surface area contributed by atoms with Crippen LogP contribution in [0.25, 0.3) is 0 Å². The molecule has 3 rings (SSSR count). The smallest absolute Gasteiger partial charge is 0.0720 e. The minimum Gasteiger partial charge on any atom is -0.376 e. The first-order valence-corrected chi connectivity index (χ1v) is 7.04. The lowest BCUT2D eigenvalue weighted by Gasteiger charge is -2.20. The van der Waals surface area contributed by atoms with Crippen molar-refractivity contribution in [3.8, 4) is 0 Å². The summed E-state index contributed by atoms with van der Waals surface area (Å²) in [5, 5.41) is 4.28. The maximum atomic E-state index is 6.20. The van der Waals surface area contributed by atoms with Crippen LogP contribution in [0, 0.1) is 12.8 Å². The topological polar surface area (TPSA) is 24.9 Å². The van der Waals surface area contributed by atoms with Gasteiger partial charge in [0.05, 0.1) is 22.9 Å². The lowest BCUT2D eigenvalue weighted by Crippen LogP contribution is -2.13.